The standard InChI is InChI=1S/C25H17ClN4O6/c1-34-21-10-14(9-19(30(32)33)23(21)35-2)13-27-29-24(28-18-6-4-3-5-17(18)25(29)31)22-12-15-11-16(26)7-8-20(15)36-22/h3-13H,1-2H3. The summed E-state index contributed by atoms with van der Waals surface area (Å²) in [4.78, 5) is 29.0. The van der Waals surface area contributed by atoms with E-state index in [1.54, 1.807) is 48.5 Å². The van der Waals surface area contributed by atoms with Crippen molar-refractivity contribution in [2.24, 2.45) is 5.10 Å². The maximum Gasteiger partial charge on any atom is 0.315 e. The molecular formula is C25H17ClN4O6. The predicted molar refractivity (Wildman–Crippen MR) is 135 cm³/mol. The molecule has 0 atom stereocenters. The van der Waals surface area contributed by atoms with Gasteiger partial charge in [-0.1, -0.05) is 23.7 Å². The summed E-state index contributed by atoms with van der Waals surface area (Å²) in [5.74, 6) is 0.570. The van der Waals surface area contributed by atoms with E-state index in [-0.39, 0.29) is 23.0 Å². The molecule has 0 saturated heterocycles. The summed E-state index contributed by atoms with van der Waals surface area (Å²) in [5, 5.41) is 17.5. The van der Waals surface area contributed by atoms with Crippen LogP contribution in [0.5, 0.6) is 11.5 Å². The molecule has 0 radical (unpaired) electrons. The van der Waals surface area contributed by atoms with Gasteiger partial charge in [-0.3, -0.25) is 14.9 Å². The molecule has 11 heteroatoms. The fourth-order valence-corrected chi connectivity index (χ4v) is 3.99. The third-order valence-electron chi connectivity index (χ3n) is 5.45. The fraction of sp³-hybridized carbons (Fsp3) is 0.0800. The first-order valence-corrected chi connectivity index (χ1v) is 10.9. The molecule has 0 aliphatic rings. The highest BCUT2D eigenvalue weighted by atomic mass is 35.5. The average Bonchev–Trinajstić information content (AvgIpc) is 3.30. The van der Waals surface area contributed by atoms with Gasteiger partial charge < -0.3 is 13.9 Å². The number of nitro benzene ring substituents is 1. The summed E-state index contributed by atoms with van der Waals surface area (Å²) in [6.45, 7) is 0. The van der Waals surface area contributed by atoms with E-state index in [9.17, 15) is 14.9 Å². The maximum atomic E-state index is 13.4. The van der Waals surface area contributed by atoms with Gasteiger partial charge in [0.2, 0.25) is 11.6 Å². The fourth-order valence-electron chi connectivity index (χ4n) is 3.81. The van der Waals surface area contributed by atoms with Gasteiger partial charge in [-0.2, -0.15) is 9.78 Å². The molecule has 0 bridgehead atoms. The van der Waals surface area contributed by atoms with Crippen LogP contribution in [0.3, 0.4) is 0 Å². The van der Waals surface area contributed by atoms with Gasteiger partial charge in [0.15, 0.2) is 11.5 Å². The zero-order chi connectivity index (χ0) is 25.4. The minimum absolute atomic E-state index is 0.0224. The van der Waals surface area contributed by atoms with E-state index in [1.807, 2.05) is 0 Å². The van der Waals surface area contributed by atoms with Crippen molar-refractivity contribution in [1.82, 2.24) is 9.66 Å². The number of para-hydroxylation sites is 1. The van der Waals surface area contributed by atoms with E-state index in [4.69, 9.17) is 25.5 Å². The molecule has 0 spiro atoms. The molecule has 36 heavy (non-hydrogen) atoms. The number of nitro groups is 1. The summed E-state index contributed by atoms with van der Waals surface area (Å²) in [6, 6.07) is 16.5. The largest absolute Gasteiger partial charge is 0.493 e. The molecule has 0 aliphatic carbocycles. The van der Waals surface area contributed by atoms with Crippen LogP contribution in [0.2, 0.25) is 5.02 Å². The Hall–Kier alpha value is -4.70. The van der Waals surface area contributed by atoms with E-state index in [0.717, 1.165) is 10.1 Å². The van der Waals surface area contributed by atoms with Crippen molar-refractivity contribution in [3.63, 3.8) is 0 Å². The monoisotopic (exact) mass is 504 g/mol. The van der Waals surface area contributed by atoms with Gasteiger partial charge in [0.25, 0.3) is 5.56 Å². The van der Waals surface area contributed by atoms with Crippen molar-refractivity contribution in [1.29, 1.82) is 0 Å². The minimum Gasteiger partial charge on any atom is -0.493 e. The van der Waals surface area contributed by atoms with Crippen LogP contribution in [0, 0.1) is 10.1 Å². The van der Waals surface area contributed by atoms with Gasteiger partial charge in [0.1, 0.15) is 5.58 Å². The summed E-state index contributed by atoms with van der Waals surface area (Å²) >= 11 is 6.10. The number of methoxy groups -OCH3 is 2. The van der Waals surface area contributed by atoms with Gasteiger partial charge in [0.05, 0.1) is 36.3 Å². The number of hydrogen-bond acceptors (Lipinski definition) is 8. The Morgan fingerprint density at radius 2 is 1.92 bits per heavy atom. The molecule has 2 aromatic heterocycles. The number of fused-ring (bicyclic) bond motifs is 2. The lowest BCUT2D eigenvalue weighted by molar-refractivity contribution is -0.385. The number of furan rings is 1. The molecule has 0 aliphatic heterocycles. The lowest BCUT2D eigenvalue weighted by Gasteiger charge is -2.09. The Labute approximate surface area is 208 Å². The second-order valence-corrected chi connectivity index (χ2v) is 8.08. The Kier molecular flexibility index (Phi) is 5.87. The zero-order valence-corrected chi connectivity index (χ0v) is 19.7. The molecule has 0 saturated carbocycles. The van der Waals surface area contributed by atoms with Crippen LogP contribution >= 0.6 is 11.6 Å². The normalized spacial score (nSPS) is 11.4. The number of hydrogen-bond donors (Lipinski definition) is 0. The smallest absolute Gasteiger partial charge is 0.315 e. The third kappa shape index (κ3) is 4.03. The first-order valence-electron chi connectivity index (χ1n) is 10.6. The molecule has 180 valence electrons. The van der Waals surface area contributed by atoms with Crippen LogP contribution in [0.4, 0.5) is 5.69 Å². The molecule has 0 amide bonds. The van der Waals surface area contributed by atoms with Crippen molar-refractivity contribution in [3.8, 4) is 23.1 Å². The van der Waals surface area contributed by atoms with E-state index in [2.05, 4.69) is 10.1 Å². The Bertz CT molecular complexity index is 1740. The highest BCUT2D eigenvalue weighted by Gasteiger charge is 2.21. The zero-order valence-electron chi connectivity index (χ0n) is 19.0. The molecule has 5 aromatic rings. The number of aromatic nitrogens is 2. The van der Waals surface area contributed by atoms with Crippen LogP contribution in [-0.4, -0.2) is 35.0 Å². The molecule has 5 rings (SSSR count). The Morgan fingerprint density at radius 1 is 1.11 bits per heavy atom. The number of benzene rings is 3. The lowest BCUT2D eigenvalue weighted by Crippen LogP contribution is -2.20. The van der Waals surface area contributed by atoms with Crippen LogP contribution in [0.1, 0.15) is 5.56 Å². The summed E-state index contributed by atoms with van der Waals surface area (Å²) in [5.41, 5.74) is 0.575. The number of rotatable bonds is 6. The van der Waals surface area contributed by atoms with E-state index in [0.29, 0.717) is 32.8 Å². The third-order valence-corrected chi connectivity index (χ3v) is 5.69. The van der Waals surface area contributed by atoms with E-state index in [1.165, 1.54) is 32.6 Å². The topological polar surface area (TPSA) is 122 Å². The minimum atomic E-state index is -0.590. The van der Waals surface area contributed by atoms with Crippen LogP contribution in [-0.2, 0) is 0 Å². The molecular weight excluding hydrogens is 488 g/mol. The molecule has 0 fully saturated rings. The van der Waals surface area contributed by atoms with E-state index < -0.39 is 10.5 Å². The van der Waals surface area contributed by atoms with Gasteiger partial charge in [-0.25, -0.2) is 4.98 Å². The summed E-state index contributed by atoms with van der Waals surface area (Å²) < 4.78 is 17.4. The first kappa shape index (κ1) is 23.1. The second-order valence-electron chi connectivity index (χ2n) is 7.64. The summed E-state index contributed by atoms with van der Waals surface area (Å²) in [6.07, 6.45) is 1.30. The van der Waals surface area contributed by atoms with Crippen LogP contribution < -0.4 is 15.0 Å². The predicted octanol–water partition coefficient (Wildman–Crippen LogP) is 5.27. The second kappa shape index (κ2) is 9.16. The van der Waals surface area contributed by atoms with Gasteiger partial charge in [-0.05, 0) is 42.5 Å². The number of ether oxygens (including phenoxy) is 2. The average molecular weight is 505 g/mol. The molecule has 10 nitrogen and oxygen atoms in total. The summed E-state index contributed by atoms with van der Waals surface area (Å²) in [7, 11) is 2.68. The van der Waals surface area contributed by atoms with Crippen LogP contribution in [0.15, 0.2) is 75.0 Å². The van der Waals surface area contributed by atoms with Gasteiger partial charge in [-0.15, -0.1) is 0 Å². The Morgan fingerprint density at radius 3 is 2.67 bits per heavy atom. The van der Waals surface area contributed by atoms with Crippen LogP contribution in [0.25, 0.3) is 33.5 Å². The van der Waals surface area contributed by atoms with Crippen molar-refractivity contribution in [2.75, 3.05) is 14.2 Å². The highest BCUT2D eigenvalue weighted by Crippen LogP contribution is 2.37. The van der Waals surface area contributed by atoms with E-state index >= 15 is 0 Å². The Balaban J connectivity index is 1.71. The number of nitrogens with zero attached hydrogens (tertiary/aromatic N) is 4. The van der Waals surface area contributed by atoms with Crippen molar-refractivity contribution >= 4 is 45.4 Å². The van der Waals surface area contributed by atoms with Gasteiger partial charge >= 0.3 is 5.69 Å². The first-order chi connectivity index (χ1) is 17.4. The molecule has 0 unspecified atom stereocenters. The molecule has 3 aromatic carbocycles. The van der Waals surface area contributed by atoms with Crippen molar-refractivity contribution in [2.45, 2.75) is 0 Å². The molecule has 0 N–H and O–H groups in total. The molecule has 2 heterocycles. The van der Waals surface area contributed by atoms with Gasteiger partial charge in [0, 0.05) is 22.0 Å². The SMILES string of the molecule is COc1cc(C=Nn2c(-c3cc4cc(Cl)ccc4o3)nc3ccccc3c2=O)cc([N+](=O)[O-])c1OC. The quantitative estimate of drug-likeness (QED) is 0.175. The van der Waals surface area contributed by atoms with Crippen molar-refractivity contribution < 1.29 is 18.8 Å². The number of halogens is 1. The van der Waals surface area contributed by atoms with Crippen molar-refractivity contribution in [3.05, 3.63) is 91.7 Å². The highest BCUT2D eigenvalue weighted by molar-refractivity contribution is 6.31. The lowest BCUT2D eigenvalue weighted by atomic mass is 10.2. The maximum absolute atomic E-state index is 13.4.